The fraction of sp³-hybridized carbons (Fsp3) is 0.231. The molecule has 4 rings (SSSR count). The predicted octanol–water partition coefficient (Wildman–Crippen LogP) is 3.78. The van der Waals surface area contributed by atoms with Crippen LogP contribution >= 0.6 is 0 Å². The first-order valence-electron chi connectivity index (χ1n) is 10.8. The van der Waals surface area contributed by atoms with Gasteiger partial charge in [-0.1, -0.05) is 63.2 Å². The lowest BCUT2D eigenvalue weighted by atomic mass is 9.86. The van der Waals surface area contributed by atoms with Crippen molar-refractivity contribution in [1.82, 2.24) is 20.1 Å². The Kier molecular flexibility index (Phi) is 5.96. The minimum Gasteiger partial charge on any atom is -0.368 e. The minimum absolute atomic E-state index is 0.258. The molecule has 33 heavy (non-hydrogen) atoms. The highest BCUT2D eigenvalue weighted by Crippen LogP contribution is 2.27. The molecule has 7 nitrogen and oxygen atoms in total. The van der Waals surface area contributed by atoms with E-state index in [1.165, 1.54) is 0 Å². The maximum Gasteiger partial charge on any atom is 0.273 e. The number of aromatic nitrogens is 3. The number of nitrogens with one attached hydrogen (secondary N) is 1. The number of carbonyl (C=O) groups excluding carboxylic acids is 2. The predicted molar refractivity (Wildman–Crippen MR) is 128 cm³/mol. The summed E-state index contributed by atoms with van der Waals surface area (Å²) in [6, 6.07) is 18.8. The van der Waals surface area contributed by atoms with Gasteiger partial charge in [0.1, 0.15) is 6.04 Å². The largest absolute Gasteiger partial charge is 0.368 e. The maximum absolute atomic E-state index is 13.2. The van der Waals surface area contributed by atoms with Crippen LogP contribution in [-0.4, -0.2) is 32.6 Å². The third-order valence-corrected chi connectivity index (χ3v) is 5.56. The summed E-state index contributed by atoms with van der Waals surface area (Å²) in [6.45, 7) is 6.07. The molecule has 0 fully saturated rings. The SMILES string of the molecule is CC(C)(C)[C@H](NC(=O)c1nn(Cc2ccccc2)c2cc(-c3cccnc3)ccc12)C(N)=O. The van der Waals surface area contributed by atoms with Crippen molar-refractivity contribution in [1.29, 1.82) is 0 Å². The molecule has 0 unspecified atom stereocenters. The normalized spacial score (nSPS) is 12.5. The van der Waals surface area contributed by atoms with Crippen molar-refractivity contribution in [3.05, 3.63) is 84.3 Å². The summed E-state index contributed by atoms with van der Waals surface area (Å²) in [6.07, 6.45) is 3.53. The smallest absolute Gasteiger partial charge is 0.273 e. The second-order valence-corrected chi connectivity index (χ2v) is 9.14. The number of carbonyl (C=O) groups is 2. The number of nitrogens with two attached hydrogens (primary N) is 1. The van der Waals surface area contributed by atoms with Gasteiger partial charge in [-0.25, -0.2) is 0 Å². The monoisotopic (exact) mass is 441 g/mol. The second kappa shape index (κ2) is 8.86. The molecule has 7 heteroatoms. The lowest BCUT2D eigenvalue weighted by molar-refractivity contribution is -0.122. The summed E-state index contributed by atoms with van der Waals surface area (Å²) in [5.74, 6) is -1.01. The quantitative estimate of drug-likeness (QED) is 0.475. The van der Waals surface area contributed by atoms with E-state index in [1.54, 1.807) is 12.4 Å². The molecule has 168 valence electrons. The van der Waals surface area contributed by atoms with E-state index in [-0.39, 0.29) is 5.69 Å². The van der Waals surface area contributed by atoms with Crippen LogP contribution in [0.1, 0.15) is 36.8 Å². The molecule has 0 saturated heterocycles. The number of rotatable bonds is 6. The van der Waals surface area contributed by atoms with Crippen LogP contribution in [0, 0.1) is 5.41 Å². The molecule has 4 aromatic rings. The summed E-state index contributed by atoms with van der Waals surface area (Å²) in [5.41, 5.74) is 9.12. The first-order valence-corrected chi connectivity index (χ1v) is 10.8. The Labute approximate surface area is 192 Å². The fourth-order valence-corrected chi connectivity index (χ4v) is 3.85. The summed E-state index contributed by atoms with van der Waals surface area (Å²) in [5, 5.41) is 8.14. The van der Waals surface area contributed by atoms with Crippen molar-refractivity contribution >= 4 is 22.7 Å². The molecule has 1 atom stereocenters. The van der Waals surface area contributed by atoms with Crippen LogP contribution in [0.15, 0.2) is 73.1 Å². The number of amides is 2. The average Bonchev–Trinajstić information content (AvgIpc) is 3.15. The van der Waals surface area contributed by atoms with Gasteiger partial charge in [0.25, 0.3) is 5.91 Å². The van der Waals surface area contributed by atoms with Crippen molar-refractivity contribution in [2.45, 2.75) is 33.4 Å². The summed E-state index contributed by atoms with van der Waals surface area (Å²) in [4.78, 5) is 29.4. The van der Waals surface area contributed by atoms with E-state index in [9.17, 15) is 9.59 Å². The van der Waals surface area contributed by atoms with Gasteiger partial charge in [0.15, 0.2) is 5.69 Å². The maximum atomic E-state index is 13.2. The molecule has 3 N–H and O–H groups in total. The highest BCUT2D eigenvalue weighted by atomic mass is 16.2. The van der Waals surface area contributed by atoms with Crippen molar-refractivity contribution in [2.75, 3.05) is 0 Å². The number of benzene rings is 2. The lowest BCUT2D eigenvalue weighted by Crippen LogP contribution is -2.52. The number of nitrogens with zero attached hydrogens (tertiary/aromatic N) is 3. The van der Waals surface area contributed by atoms with Crippen molar-refractivity contribution in [3.8, 4) is 11.1 Å². The Morgan fingerprint density at radius 3 is 2.42 bits per heavy atom. The molecule has 2 aromatic heterocycles. The summed E-state index contributed by atoms with van der Waals surface area (Å²) >= 11 is 0. The zero-order valence-corrected chi connectivity index (χ0v) is 18.9. The highest BCUT2D eigenvalue weighted by Gasteiger charge is 2.32. The molecule has 0 aliphatic carbocycles. The Hall–Kier alpha value is -4.00. The fourth-order valence-electron chi connectivity index (χ4n) is 3.85. The minimum atomic E-state index is -0.825. The summed E-state index contributed by atoms with van der Waals surface area (Å²) < 4.78 is 1.82. The molecule has 0 saturated carbocycles. The van der Waals surface area contributed by atoms with Crippen molar-refractivity contribution in [3.63, 3.8) is 0 Å². The van der Waals surface area contributed by atoms with Crippen molar-refractivity contribution < 1.29 is 9.59 Å². The Balaban J connectivity index is 1.79. The van der Waals surface area contributed by atoms with Gasteiger partial charge >= 0.3 is 0 Å². The van der Waals surface area contributed by atoms with E-state index >= 15 is 0 Å². The molecular formula is C26H27N5O2. The van der Waals surface area contributed by atoms with Gasteiger partial charge in [0.05, 0.1) is 12.1 Å². The van der Waals surface area contributed by atoms with E-state index in [0.29, 0.717) is 11.9 Å². The molecule has 2 heterocycles. The molecule has 2 amide bonds. The standard InChI is InChI=1S/C26H27N5O2/c1-26(2,3)23(24(27)32)29-25(33)22-20-12-11-18(19-10-7-13-28-15-19)14-21(20)31(30-22)16-17-8-5-4-6-9-17/h4-15,23H,16H2,1-3H3,(H2,27,32)(H,29,33)/t23-/m1/s1. The zero-order valence-electron chi connectivity index (χ0n) is 18.9. The van der Waals surface area contributed by atoms with E-state index in [1.807, 2.05) is 86.1 Å². The third-order valence-electron chi connectivity index (χ3n) is 5.56. The number of fused-ring (bicyclic) bond motifs is 1. The second-order valence-electron chi connectivity index (χ2n) is 9.14. The third kappa shape index (κ3) is 4.77. The van der Waals surface area contributed by atoms with E-state index in [0.717, 1.165) is 22.2 Å². The lowest BCUT2D eigenvalue weighted by Gasteiger charge is -2.28. The molecule has 0 aliphatic rings. The average molecular weight is 442 g/mol. The molecule has 2 aromatic carbocycles. The van der Waals surface area contributed by atoms with E-state index in [2.05, 4.69) is 15.4 Å². The van der Waals surface area contributed by atoms with Crippen LogP contribution in [0.3, 0.4) is 0 Å². The molecule has 0 bridgehead atoms. The Bertz CT molecular complexity index is 1290. The van der Waals surface area contributed by atoms with Gasteiger partial charge in [0, 0.05) is 23.3 Å². The van der Waals surface area contributed by atoms with Gasteiger partial charge in [-0.2, -0.15) is 5.10 Å². The number of hydrogen-bond donors (Lipinski definition) is 2. The van der Waals surface area contributed by atoms with Gasteiger partial charge in [0.2, 0.25) is 5.91 Å². The van der Waals surface area contributed by atoms with Gasteiger partial charge in [-0.15, -0.1) is 0 Å². The first-order chi connectivity index (χ1) is 15.7. The molecule has 0 radical (unpaired) electrons. The topological polar surface area (TPSA) is 103 Å². The van der Waals surface area contributed by atoms with Gasteiger partial charge in [-0.05, 0) is 34.7 Å². The Morgan fingerprint density at radius 2 is 1.79 bits per heavy atom. The zero-order chi connectivity index (χ0) is 23.6. The van der Waals surface area contributed by atoms with E-state index < -0.39 is 23.3 Å². The van der Waals surface area contributed by atoms with Crippen LogP contribution in [0.25, 0.3) is 22.0 Å². The van der Waals surface area contributed by atoms with Crippen LogP contribution in [0.2, 0.25) is 0 Å². The first kappa shape index (κ1) is 22.2. The van der Waals surface area contributed by atoms with Gasteiger partial charge < -0.3 is 11.1 Å². The van der Waals surface area contributed by atoms with Crippen LogP contribution in [-0.2, 0) is 11.3 Å². The Morgan fingerprint density at radius 1 is 1.03 bits per heavy atom. The van der Waals surface area contributed by atoms with Crippen LogP contribution in [0.4, 0.5) is 0 Å². The molecule has 0 spiro atoms. The summed E-state index contributed by atoms with van der Waals surface area (Å²) in [7, 11) is 0. The molecular weight excluding hydrogens is 414 g/mol. The number of pyridine rings is 1. The number of primary amides is 1. The van der Waals surface area contributed by atoms with Gasteiger partial charge in [-0.3, -0.25) is 19.3 Å². The van der Waals surface area contributed by atoms with Crippen molar-refractivity contribution in [2.24, 2.45) is 11.1 Å². The molecule has 0 aliphatic heterocycles. The van der Waals surface area contributed by atoms with Crippen LogP contribution < -0.4 is 11.1 Å². The highest BCUT2D eigenvalue weighted by molar-refractivity contribution is 6.07. The number of hydrogen-bond acceptors (Lipinski definition) is 4. The van der Waals surface area contributed by atoms with Crippen LogP contribution in [0.5, 0.6) is 0 Å². The van der Waals surface area contributed by atoms with E-state index in [4.69, 9.17) is 5.73 Å².